The maximum atomic E-state index is 12.5. The minimum absolute atomic E-state index is 0.0676. The van der Waals surface area contributed by atoms with Crippen LogP contribution in [-0.2, 0) is 16.0 Å². The van der Waals surface area contributed by atoms with Gasteiger partial charge in [0.05, 0.1) is 19.6 Å². The summed E-state index contributed by atoms with van der Waals surface area (Å²) < 4.78 is 5.20. The first-order chi connectivity index (χ1) is 12.0. The van der Waals surface area contributed by atoms with Gasteiger partial charge in [-0.3, -0.25) is 14.5 Å². The van der Waals surface area contributed by atoms with Crippen LogP contribution in [0.1, 0.15) is 25.8 Å². The van der Waals surface area contributed by atoms with Crippen LogP contribution in [-0.4, -0.2) is 67.5 Å². The van der Waals surface area contributed by atoms with Crippen LogP contribution in [0.25, 0.3) is 0 Å². The normalized spacial score (nSPS) is 16.4. The van der Waals surface area contributed by atoms with Gasteiger partial charge in [0, 0.05) is 32.7 Å². The largest absolute Gasteiger partial charge is 0.497 e. The van der Waals surface area contributed by atoms with Crippen molar-refractivity contribution < 1.29 is 14.3 Å². The Kier molecular flexibility index (Phi) is 7.25. The Morgan fingerprint density at radius 1 is 1.24 bits per heavy atom. The lowest BCUT2D eigenvalue weighted by molar-refractivity contribution is -0.133. The fourth-order valence-electron chi connectivity index (χ4n) is 2.99. The first-order valence-corrected chi connectivity index (χ1v) is 8.97. The highest BCUT2D eigenvalue weighted by molar-refractivity contribution is 5.81. The molecule has 1 aliphatic rings. The van der Waals surface area contributed by atoms with Crippen LogP contribution in [0.5, 0.6) is 5.75 Å². The van der Waals surface area contributed by atoms with E-state index in [0.717, 1.165) is 30.8 Å². The van der Waals surface area contributed by atoms with Crippen LogP contribution in [0.3, 0.4) is 0 Å². The first kappa shape index (κ1) is 19.2. The van der Waals surface area contributed by atoms with E-state index < -0.39 is 0 Å². The summed E-state index contributed by atoms with van der Waals surface area (Å²) in [6, 6.07) is 7.46. The SMILES string of the molecule is CCCNC(=O)[C@H](C)N1CCN(C(=O)Cc2cccc(OC)c2)CC1. The van der Waals surface area contributed by atoms with Crippen molar-refractivity contribution in [2.24, 2.45) is 0 Å². The fraction of sp³-hybridized carbons (Fsp3) is 0.579. The Hall–Kier alpha value is -2.08. The Labute approximate surface area is 150 Å². The van der Waals surface area contributed by atoms with Crippen molar-refractivity contribution >= 4 is 11.8 Å². The summed E-state index contributed by atoms with van der Waals surface area (Å²) in [7, 11) is 1.62. The number of nitrogens with zero attached hydrogens (tertiary/aromatic N) is 2. The number of carbonyl (C=O) groups is 2. The molecular formula is C19H29N3O3. The Morgan fingerprint density at radius 3 is 2.60 bits per heavy atom. The maximum absolute atomic E-state index is 12.5. The fourth-order valence-corrected chi connectivity index (χ4v) is 2.99. The van der Waals surface area contributed by atoms with E-state index in [1.807, 2.05) is 43.0 Å². The quantitative estimate of drug-likeness (QED) is 0.808. The van der Waals surface area contributed by atoms with E-state index in [0.29, 0.717) is 26.1 Å². The van der Waals surface area contributed by atoms with Crippen LogP contribution in [0, 0.1) is 0 Å². The molecule has 1 saturated heterocycles. The van der Waals surface area contributed by atoms with Gasteiger partial charge >= 0.3 is 0 Å². The van der Waals surface area contributed by atoms with Crippen molar-refractivity contribution in [3.05, 3.63) is 29.8 Å². The van der Waals surface area contributed by atoms with E-state index in [-0.39, 0.29) is 17.9 Å². The molecule has 0 radical (unpaired) electrons. The van der Waals surface area contributed by atoms with Crippen LogP contribution in [0.2, 0.25) is 0 Å². The van der Waals surface area contributed by atoms with Gasteiger partial charge in [0.15, 0.2) is 0 Å². The number of nitrogens with one attached hydrogen (secondary N) is 1. The lowest BCUT2D eigenvalue weighted by Gasteiger charge is -2.37. The number of benzene rings is 1. The summed E-state index contributed by atoms with van der Waals surface area (Å²) in [5.41, 5.74) is 0.957. The summed E-state index contributed by atoms with van der Waals surface area (Å²) >= 11 is 0. The van der Waals surface area contributed by atoms with Crippen LogP contribution in [0.4, 0.5) is 0 Å². The number of amides is 2. The topological polar surface area (TPSA) is 61.9 Å². The predicted molar refractivity (Wildman–Crippen MR) is 97.6 cm³/mol. The van der Waals surface area contributed by atoms with E-state index in [2.05, 4.69) is 10.2 Å². The zero-order chi connectivity index (χ0) is 18.2. The first-order valence-electron chi connectivity index (χ1n) is 8.97. The molecular weight excluding hydrogens is 318 g/mol. The summed E-state index contributed by atoms with van der Waals surface area (Å²) in [6.45, 7) is 7.45. The molecule has 1 aliphatic heterocycles. The molecule has 0 aromatic heterocycles. The van der Waals surface area contributed by atoms with Crippen molar-refractivity contribution in [3.63, 3.8) is 0 Å². The standard InChI is InChI=1S/C19H29N3O3/c1-4-8-20-19(24)15(2)21-9-11-22(12-10-21)18(23)14-16-6-5-7-17(13-16)25-3/h5-7,13,15H,4,8-12,14H2,1-3H3,(H,20,24)/t15-/m0/s1. The number of ether oxygens (including phenoxy) is 1. The summed E-state index contributed by atoms with van der Waals surface area (Å²) in [6.07, 6.45) is 1.31. The molecule has 0 unspecified atom stereocenters. The van der Waals surface area contributed by atoms with Crippen LogP contribution >= 0.6 is 0 Å². The Balaban J connectivity index is 1.82. The molecule has 6 heteroatoms. The molecule has 138 valence electrons. The molecule has 0 bridgehead atoms. The maximum Gasteiger partial charge on any atom is 0.237 e. The minimum Gasteiger partial charge on any atom is -0.497 e. The van der Waals surface area contributed by atoms with E-state index in [1.165, 1.54) is 0 Å². The molecule has 1 heterocycles. The van der Waals surface area contributed by atoms with Gasteiger partial charge in [0.2, 0.25) is 11.8 Å². The van der Waals surface area contributed by atoms with E-state index >= 15 is 0 Å². The second-order valence-electron chi connectivity index (χ2n) is 6.41. The number of methoxy groups -OCH3 is 1. The monoisotopic (exact) mass is 347 g/mol. The van der Waals surface area contributed by atoms with E-state index in [9.17, 15) is 9.59 Å². The van der Waals surface area contributed by atoms with Crippen molar-refractivity contribution in [2.45, 2.75) is 32.7 Å². The van der Waals surface area contributed by atoms with Crippen LogP contribution < -0.4 is 10.1 Å². The summed E-state index contributed by atoms with van der Waals surface area (Å²) in [4.78, 5) is 28.6. The predicted octanol–water partition coefficient (Wildman–Crippen LogP) is 1.30. The zero-order valence-corrected chi connectivity index (χ0v) is 15.5. The van der Waals surface area contributed by atoms with Gasteiger partial charge in [-0.25, -0.2) is 0 Å². The third-order valence-corrected chi connectivity index (χ3v) is 4.63. The molecule has 1 aromatic rings. The number of rotatable bonds is 7. The van der Waals surface area contributed by atoms with Crippen LogP contribution in [0.15, 0.2) is 24.3 Å². The second-order valence-corrected chi connectivity index (χ2v) is 6.41. The third-order valence-electron chi connectivity index (χ3n) is 4.63. The minimum atomic E-state index is -0.151. The number of carbonyl (C=O) groups excluding carboxylic acids is 2. The summed E-state index contributed by atoms with van der Waals surface area (Å²) in [5, 5.41) is 2.93. The molecule has 0 aliphatic carbocycles. The molecule has 1 atom stereocenters. The Morgan fingerprint density at radius 2 is 1.96 bits per heavy atom. The van der Waals surface area contributed by atoms with E-state index in [1.54, 1.807) is 7.11 Å². The van der Waals surface area contributed by atoms with Gasteiger partial charge < -0.3 is 15.0 Å². The van der Waals surface area contributed by atoms with E-state index in [4.69, 9.17) is 4.74 Å². The number of piperazine rings is 1. The van der Waals surface area contributed by atoms with Gasteiger partial charge in [-0.05, 0) is 31.0 Å². The smallest absolute Gasteiger partial charge is 0.237 e. The molecule has 2 amide bonds. The molecule has 0 spiro atoms. The highest BCUT2D eigenvalue weighted by Gasteiger charge is 2.27. The van der Waals surface area contributed by atoms with Gasteiger partial charge in [0.25, 0.3) is 0 Å². The average molecular weight is 347 g/mol. The van der Waals surface area contributed by atoms with Crippen molar-refractivity contribution in [2.75, 3.05) is 39.8 Å². The zero-order valence-electron chi connectivity index (χ0n) is 15.5. The van der Waals surface area contributed by atoms with Gasteiger partial charge in [0.1, 0.15) is 5.75 Å². The number of hydrogen-bond donors (Lipinski definition) is 1. The van der Waals surface area contributed by atoms with Gasteiger partial charge in [-0.2, -0.15) is 0 Å². The lowest BCUT2D eigenvalue weighted by Crippen LogP contribution is -2.55. The Bertz CT molecular complexity index is 583. The van der Waals surface area contributed by atoms with Crippen molar-refractivity contribution in [1.82, 2.24) is 15.1 Å². The van der Waals surface area contributed by atoms with Gasteiger partial charge in [-0.15, -0.1) is 0 Å². The lowest BCUT2D eigenvalue weighted by atomic mass is 10.1. The molecule has 2 rings (SSSR count). The number of hydrogen-bond acceptors (Lipinski definition) is 4. The van der Waals surface area contributed by atoms with Gasteiger partial charge in [-0.1, -0.05) is 19.1 Å². The molecule has 0 saturated carbocycles. The highest BCUT2D eigenvalue weighted by atomic mass is 16.5. The molecule has 6 nitrogen and oxygen atoms in total. The average Bonchev–Trinajstić information content (AvgIpc) is 2.65. The molecule has 1 N–H and O–H groups in total. The molecule has 1 aromatic carbocycles. The highest BCUT2D eigenvalue weighted by Crippen LogP contribution is 2.15. The van der Waals surface area contributed by atoms with Crippen molar-refractivity contribution in [3.8, 4) is 5.75 Å². The molecule has 1 fully saturated rings. The second kappa shape index (κ2) is 9.42. The summed E-state index contributed by atoms with van der Waals surface area (Å²) in [5.74, 6) is 0.955. The molecule has 25 heavy (non-hydrogen) atoms. The van der Waals surface area contributed by atoms with Crippen molar-refractivity contribution in [1.29, 1.82) is 0 Å². The third kappa shape index (κ3) is 5.46.